The Hall–Kier alpha value is -2.93. The van der Waals surface area contributed by atoms with Crippen molar-refractivity contribution >= 4 is 38.5 Å². The number of hydrogen-bond acceptors (Lipinski definition) is 5. The number of carbonyl (C=O) groups is 2. The number of ether oxygens (including phenoxy) is 1. The number of hydrogen-bond donors (Lipinski definition) is 2. The zero-order chi connectivity index (χ0) is 16.9. The van der Waals surface area contributed by atoms with Gasteiger partial charge in [0.05, 0.1) is 17.3 Å². The van der Waals surface area contributed by atoms with Crippen molar-refractivity contribution < 1.29 is 14.3 Å². The van der Waals surface area contributed by atoms with Gasteiger partial charge in [-0.2, -0.15) is 0 Å². The van der Waals surface area contributed by atoms with Gasteiger partial charge >= 0.3 is 11.8 Å². The van der Waals surface area contributed by atoms with Crippen molar-refractivity contribution in [1.29, 1.82) is 0 Å². The van der Waals surface area contributed by atoms with Crippen molar-refractivity contribution in [2.24, 2.45) is 0 Å². The first-order valence-electron chi connectivity index (χ1n) is 7.23. The highest BCUT2D eigenvalue weighted by Gasteiger charge is 2.15. The van der Waals surface area contributed by atoms with Gasteiger partial charge in [-0.05, 0) is 29.8 Å². The number of benzene rings is 2. The lowest BCUT2D eigenvalue weighted by Crippen LogP contribution is -2.34. The van der Waals surface area contributed by atoms with Crippen molar-refractivity contribution in [2.45, 2.75) is 6.54 Å². The molecule has 0 spiro atoms. The lowest BCUT2D eigenvalue weighted by atomic mass is 10.2. The van der Waals surface area contributed by atoms with Crippen LogP contribution in [0.4, 0.5) is 5.13 Å². The summed E-state index contributed by atoms with van der Waals surface area (Å²) in [6.07, 6.45) is 0. The average Bonchev–Trinajstić information content (AvgIpc) is 3.02. The first kappa shape index (κ1) is 15.9. The predicted molar refractivity (Wildman–Crippen MR) is 93.1 cm³/mol. The summed E-state index contributed by atoms with van der Waals surface area (Å²) in [5.41, 5.74) is 1.66. The van der Waals surface area contributed by atoms with Gasteiger partial charge in [0.2, 0.25) is 0 Å². The Morgan fingerprint density at radius 3 is 2.54 bits per heavy atom. The fourth-order valence-electron chi connectivity index (χ4n) is 2.09. The summed E-state index contributed by atoms with van der Waals surface area (Å²) in [5.74, 6) is -0.703. The minimum absolute atomic E-state index is 0.260. The number of anilines is 1. The molecule has 6 nitrogen and oxygen atoms in total. The van der Waals surface area contributed by atoms with E-state index in [1.165, 1.54) is 11.3 Å². The predicted octanol–water partition coefficient (Wildman–Crippen LogP) is 2.56. The van der Waals surface area contributed by atoms with Gasteiger partial charge < -0.3 is 10.1 Å². The smallest absolute Gasteiger partial charge is 0.315 e. The van der Waals surface area contributed by atoms with Crippen molar-refractivity contribution in [1.82, 2.24) is 10.3 Å². The van der Waals surface area contributed by atoms with E-state index in [-0.39, 0.29) is 6.54 Å². The van der Waals surface area contributed by atoms with Crippen molar-refractivity contribution in [3.8, 4) is 5.75 Å². The summed E-state index contributed by atoms with van der Waals surface area (Å²) in [4.78, 5) is 28.1. The monoisotopic (exact) mass is 341 g/mol. The van der Waals surface area contributed by atoms with Crippen LogP contribution in [0, 0.1) is 0 Å². The van der Waals surface area contributed by atoms with Gasteiger partial charge in [-0.25, -0.2) is 4.98 Å². The molecule has 7 heteroatoms. The Balaban J connectivity index is 1.56. The van der Waals surface area contributed by atoms with Gasteiger partial charge in [-0.15, -0.1) is 0 Å². The maximum Gasteiger partial charge on any atom is 0.315 e. The zero-order valence-electron chi connectivity index (χ0n) is 12.9. The molecule has 24 heavy (non-hydrogen) atoms. The maximum atomic E-state index is 11.9. The third kappa shape index (κ3) is 3.69. The molecule has 0 atom stereocenters. The topological polar surface area (TPSA) is 80.3 Å². The van der Waals surface area contributed by atoms with E-state index in [1.54, 1.807) is 19.2 Å². The van der Waals surface area contributed by atoms with E-state index in [9.17, 15) is 9.59 Å². The third-order valence-corrected chi connectivity index (χ3v) is 4.28. The molecule has 1 heterocycles. The van der Waals surface area contributed by atoms with Crippen LogP contribution in [0.15, 0.2) is 48.5 Å². The molecule has 3 rings (SSSR count). The average molecular weight is 341 g/mol. The Labute approximate surface area is 142 Å². The molecule has 0 aliphatic carbocycles. The standard InChI is InChI=1S/C17H15N3O3S/c1-23-12-8-6-11(7-9-12)10-18-15(21)16(22)20-17-19-13-4-2-3-5-14(13)24-17/h2-9H,10H2,1H3,(H,18,21)(H,19,20,22). The molecular formula is C17H15N3O3S. The van der Waals surface area contributed by atoms with Crippen LogP contribution in [0.2, 0.25) is 0 Å². The molecule has 122 valence electrons. The fraction of sp³-hybridized carbons (Fsp3) is 0.118. The normalized spacial score (nSPS) is 10.4. The highest BCUT2D eigenvalue weighted by atomic mass is 32.1. The minimum Gasteiger partial charge on any atom is -0.497 e. The molecule has 1 aromatic heterocycles. The zero-order valence-corrected chi connectivity index (χ0v) is 13.7. The molecule has 0 bridgehead atoms. The molecule has 0 saturated carbocycles. The highest BCUT2D eigenvalue weighted by molar-refractivity contribution is 7.22. The van der Waals surface area contributed by atoms with E-state index in [0.29, 0.717) is 5.13 Å². The second kappa shape index (κ2) is 7.10. The fourth-order valence-corrected chi connectivity index (χ4v) is 2.95. The largest absolute Gasteiger partial charge is 0.497 e. The molecule has 0 aliphatic rings. The first-order chi connectivity index (χ1) is 11.7. The molecule has 2 aromatic carbocycles. The van der Waals surface area contributed by atoms with E-state index in [0.717, 1.165) is 21.5 Å². The number of thiazole rings is 1. The van der Waals surface area contributed by atoms with Crippen LogP contribution in [0.5, 0.6) is 5.75 Å². The summed E-state index contributed by atoms with van der Waals surface area (Å²) in [6, 6.07) is 14.8. The van der Waals surface area contributed by atoms with E-state index in [2.05, 4.69) is 15.6 Å². The number of carbonyl (C=O) groups excluding carboxylic acids is 2. The number of nitrogens with one attached hydrogen (secondary N) is 2. The first-order valence-corrected chi connectivity index (χ1v) is 8.05. The molecule has 3 aromatic rings. The van der Waals surface area contributed by atoms with E-state index in [4.69, 9.17) is 4.74 Å². The number of amides is 2. The van der Waals surface area contributed by atoms with Gasteiger partial charge in [0.25, 0.3) is 0 Å². The molecule has 0 saturated heterocycles. The number of rotatable bonds is 4. The Morgan fingerprint density at radius 2 is 1.83 bits per heavy atom. The Morgan fingerprint density at radius 1 is 1.08 bits per heavy atom. The molecule has 2 N–H and O–H groups in total. The van der Waals surface area contributed by atoms with Crippen molar-refractivity contribution in [2.75, 3.05) is 12.4 Å². The molecule has 0 fully saturated rings. The summed E-state index contributed by atoms with van der Waals surface area (Å²) in [7, 11) is 1.59. The lowest BCUT2D eigenvalue weighted by molar-refractivity contribution is -0.136. The second-order valence-electron chi connectivity index (χ2n) is 4.97. The van der Waals surface area contributed by atoms with Gasteiger partial charge in [-0.3, -0.25) is 14.9 Å². The van der Waals surface area contributed by atoms with E-state index < -0.39 is 11.8 Å². The molecular weight excluding hydrogens is 326 g/mol. The Kier molecular flexibility index (Phi) is 4.72. The van der Waals surface area contributed by atoms with Gasteiger partial charge in [0, 0.05) is 6.54 Å². The van der Waals surface area contributed by atoms with Gasteiger partial charge in [0.1, 0.15) is 5.75 Å². The maximum absolute atomic E-state index is 11.9. The molecule has 0 unspecified atom stereocenters. The summed E-state index contributed by atoms with van der Waals surface area (Å²) in [5, 5.41) is 5.50. The number of fused-ring (bicyclic) bond motifs is 1. The minimum atomic E-state index is -0.734. The summed E-state index contributed by atoms with van der Waals surface area (Å²) in [6.45, 7) is 0.260. The SMILES string of the molecule is COc1ccc(CNC(=O)C(=O)Nc2nc3ccccc3s2)cc1. The third-order valence-electron chi connectivity index (χ3n) is 3.33. The van der Waals surface area contributed by atoms with Crippen LogP contribution in [-0.4, -0.2) is 23.9 Å². The van der Waals surface area contributed by atoms with Crippen LogP contribution in [0.3, 0.4) is 0 Å². The van der Waals surface area contributed by atoms with Crippen LogP contribution < -0.4 is 15.4 Å². The van der Waals surface area contributed by atoms with Crippen LogP contribution >= 0.6 is 11.3 Å². The number of nitrogens with zero attached hydrogens (tertiary/aromatic N) is 1. The van der Waals surface area contributed by atoms with Crippen LogP contribution in [0.1, 0.15) is 5.56 Å². The molecule has 0 aliphatic heterocycles. The summed E-state index contributed by atoms with van der Waals surface area (Å²) >= 11 is 1.32. The van der Waals surface area contributed by atoms with Crippen LogP contribution in [0.25, 0.3) is 10.2 Å². The summed E-state index contributed by atoms with van der Waals surface area (Å²) < 4.78 is 6.02. The number of para-hydroxylation sites is 1. The Bertz CT molecular complexity index is 841. The highest BCUT2D eigenvalue weighted by Crippen LogP contribution is 2.25. The van der Waals surface area contributed by atoms with E-state index >= 15 is 0 Å². The molecule has 0 radical (unpaired) electrons. The van der Waals surface area contributed by atoms with Crippen molar-refractivity contribution in [3.63, 3.8) is 0 Å². The lowest BCUT2D eigenvalue weighted by Gasteiger charge is -2.06. The van der Waals surface area contributed by atoms with E-state index in [1.807, 2.05) is 36.4 Å². The van der Waals surface area contributed by atoms with Crippen molar-refractivity contribution in [3.05, 3.63) is 54.1 Å². The number of aromatic nitrogens is 1. The van der Waals surface area contributed by atoms with Gasteiger partial charge in [0.15, 0.2) is 5.13 Å². The van der Waals surface area contributed by atoms with Gasteiger partial charge in [-0.1, -0.05) is 35.6 Å². The van der Waals surface area contributed by atoms with Crippen LogP contribution in [-0.2, 0) is 16.1 Å². The second-order valence-corrected chi connectivity index (χ2v) is 6.00. The number of methoxy groups -OCH3 is 1. The molecule has 2 amide bonds. The quantitative estimate of drug-likeness (QED) is 0.715.